The van der Waals surface area contributed by atoms with E-state index in [1.165, 1.54) is 0 Å². The minimum absolute atomic E-state index is 0.0295. The van der Waals surface area contributed by atoms with Crippen LogP contribution in [0, 0.1) is 14.3 Å². The van der Waals surface area contributed by atoms with Gasteiger partial charge < -0.3 is 19.7 Å². The maximum absolute atomic E-state index is 13.2. The van der Waals surface area contributed by atoms with Crippen molar-refractivity contribution in [1.82, 2.24) is 0 Å². The highest BCUT2D eigenvalue weighted by Crippen LogP contribution is 2.63. The molecular formula is C20H2Cl4I4O5-2. The van der Waals surface area contributed by atoms with Crippen LogP contribution in [0.3, 0.4) is 0 Å². The fourth-order valence-corrected chi connectivity index (χ4v) is 8.55. The average molecular weight is 972 g/mol. The Balaban J connectivity index is 2.05. The van der Waals surface area contributed by atoms with E-state index in [9.17, 15) is 15.0 Å². The summed E-state index contributed by atoms with van der Waals surface area (Å²) in [7, 11) is 0. The van der Waals surface area contributed by atoms with Gasteiger partial charge in [0.05, 0.1) is 25.7 Å². The third kappa shape index (κ3) is 3.34. The van der Waals surface area contributed by atoms with Gasteiger partial charge in [-0.15, -0.1) is 0 Å². The Morgan fingerprint density at radius 1 is 0.758 bits per heavy atom. The van der Waals surface area contributed by atoms with E-state index in [1.807, 2.05) is 90.4 Å². The second-order valence-corrected chi connectivity index (χ2v) is 12.9. The fourth-order valence-electron chi connectivity index (χ4n) is 3.91. The molecule has 5 nitrogen and oxygen atoms in total. The first-order valence-corrected chi connectivity index (χ1v) is 14.4. The number of ether oxygens (including phenoxy) is 2. The highest BCUT2D eigenvalue weighted by Gasteiger charge is 2.57. The SMILES string of the molecule is O=C1OC2(c3cc(I)c([O-])c(I)c3Oc3c2cc(I)c([O-])c3I)c2c(Cl)c(Cl)c(Cl)c(Cl)c21. The van der Waals surface area contributed by atoms with Crippen molar-refractivity contribution in [2.45, 2.75) is 5.60 Å². The van der Waals surface area contributed by atoms with Crippen LogP contribution in [0.25, 0.3) is 0 Å². The predicted molar refractivity (Wildman–Crippen MR) is 154 cm³/mol. The Labute approximate surface area is 261 Å². The molecule has 0 aliphatic carbocycles. The number of carbonyl (C=O) groups is 1. The number of fused-ring (bicyclic) bond motifs is 6. The van der Waals surface area contributed by atoms with Crippen molar-refractivity contribution in [1.29, 1.82) is 0 Å². The summed E-state index contributed by atoms with van der Waals surface area (Å²) in [6, 6.07) is 3.15. The first kappa shape index (κ1) is 25.3. The molecule has 33 heavy (non-hydrogen) atoms. The van der Waals surface area contributed by atoms with E-state index in [0.29, 0.717) is 18.3 Å². The van der Waals surface area contributed by atoms with Crippen LogP contribution < -0.4 is 14.9 Å². The molecule has 2 heterocycles. The zero-order valence-corrected chi connectivity index (χ0v) is 26.9. The Morgan fingerprint density at radius 2 is 1.21 bits per heavy atom. The number of halogens is 8. The molecule has 0 saturated carbocycles. The number of hydrogen-bond donors (Lipinski definition) is 0. The van der Waals surface area contributed by atoms with Crippen LogP contribution >= 0.6 is 137 Å². The van der Waals surface area contributed by atoms with Crippen LogP contribution in [0.2, 0.25) is 20.1 Å². The van der Waals surface area contributed by atoms with Gasteiger partial charge in [-0.05, 0) is 102 Å². The summed E-state index contributed by atoms with van der Waals surface area (Å²) >= 11 is 33.3. The largest absolute Gasteiger partial charge is 0.871 e. The number of carbonyl (C=O) groups excluding carboxylic acids is 1. The summed E-state index contributed by atoms with van der Waals surface area (Å²) in [5.41, 5.74) is -0.822. The van der Waals surface area contributed by atoms with Gasteiger partial charge in [0.25, 0.3) is 0 Å². The fraction of sp³-hybridized carbons (Fsp3) is 0.0500. The normalized spacial score (nSPS) is 15.1. The van der Waals surface area contributed by atoms with Crippen molar-refractivity contribution in [2.75, 3.05) is 0 Å². The Bertz CT molecular complexity index is 1400. The summed E-state index contributed by atoms with van der Waals surface area (Å²) in [6.45, 7) is 0. The molecule has 1 spiro atoms. The second-order valence-electron chi connectivity index (χ2n) is 6.94. The van der Waals surface area contributed by atoms with Crippen LogP contribution in [0.15, 0.2) is 12.1 Å². The molecular weight excluding hydrogens is 970 g/mol. The topological polar surface area (TPSA) is 81.7 Å². The van der Waals surface area contributed by atoms with Crippen molar-refractivity contribution in [3.8, 4) is 23.0 Å². The minimum Gasteiger partial charge on any atom is -0.871 e. The van der Waals surface area contributed by atoms with Crippen LogP contribution in [0.1, 0.15) is 27.0 Å². The number of benzene rings is 3. The van der Waals surface area contributed by atoms with Gasteiger partial charge in [0, 0.05) is 31.0 Å². The molecule has 0 atom stereocenters. The number of hydrogen-bond acceptors (Lipinski definition) is 5. The van der Waals surface area contributed by atoms with Gasteiger partial charge in [-0.2, -0.15) is 0 Å². The van der Waals surface area contributed by atoms with Crippen molar-refractivity contribution < 1.29 is 24.5 Å². The van der Waals surface area contributed by atoms with Gasteiger partial charge in [0.2, 0.25) is 0 Å². The van der Waals surface area contributed by atoms with E-state index in [1.54, 1.807) is 12.1 Å². The molecule has 3 aromatic carbocycles. The monoisotopic (exact) mass is 969 g/mol. The molecule has 0 radical (unpaired) electrons. The molecule has 2 aliphatic heterocycles. The van der Waals surface area contributed by atoms with Gasteiger partial charge in [-0.1, -0.05) is 57.9 Å². The Morgan fingerprint density at radius 3 is 1.70 bits per heavy atom. The second kappa shape index (κ2) is 8.58. The Kier molecular flexibility index (Phi) is 6.57. The van der Waals surface area contributed by atoms with Crippen molar-refractivity contribution in [3.63, 3.8) is 0 Å². The number of rotatable bonds is 0. The van der Waals surface area contributed by atoms with Crippen LogP contribution in [-0.4, -0.2) is 5.97 Å². The van der Waals surface area contributed by atoms with Crippen molar-refractivity contribution in [3.05, 3.63) is 68.8 Å². The van der Waals surface area contributed by atoms with Crippen LogP contribution in [0.4, 0.5) is 0 Å². The highest BCUT2D eigenvalue weighted by molar-refractivity contribution is 14.1. The standard InChI is InChI=1S/C20H4Cl4I4O5/c21-9-7-8(10(22)12(24)11(9)23)20(33-19(7)31)3-1-5(25)15(29)13(27)17(3)32-18-4(20)2-6(26)16(30)14(18)28/h1-2,29-30H/p-2. The molecule has 170 valence electrons. The average Bonchev–Trinajstić information content (AvgIpc) is 3.08. The molecule has 0 amide bonds. The molecule has 2 aliphatic rings. The van der Waals surface area contributed by atoms with Crippen molar-refractivity contribution in [2.24, 2.45) is 0 Å². The minimum atomic E-state index is -1.68. The maximum atomic E-state index is 13.2. The zero-order valence-electron chi connectivity index (χ0n) is 15.2. The molecule has 0 aromatic heterocycles. The lowest BCUT2D eigenvalue weighted by atomic mass is 9.77. The molecule has 0 unspecified atom stereocenters. The smallest absolute Gasteiger partial charge is 0.341 e. The molecule has 0 N–H and O–H groups in total. The molecule has 0 saturated heterocycles. The highest BCUT2D eigenvalue weighted by atomic mass is 127. The Hall–Kier alpha value is 0.610. The molecule has 3 aromatic rings. The molecule has 5 rings (SSSR count). The lowest BCUT2D eigenvalue weighted by Crippen LogP contribution is -2.34. The summed E-state index contributed by atoms with van der Waals surface area (Å²) in [4.78, 5) is 13.2. The molecule has 0 bridgehead atoms. The summed E-state index contributed by atoms with van der Waals surface area (Å²) in [5.74, 6) is -0.989. The third-order valence-electron chi connectivity index (χ3n) is 5.29. The van der Waals surface area contributed by atoms with Gasteiger partial charge in [0.1, 0.15) is 11.5 Å². The van der Waals surface area contributed by atoms with E-state index >= 15 is 0 Å². The van der Waals surface area contributed by atoms with E-state index in [4.69, 9.17) is 55.9 Å². The molecule has 0 fully saturated rings. The van der Waals surface area contributed by atoms with E-state index in [-0.39, 0.29) is 61.4 Å². The first-order chi connectivity index (χ1) is 15.4. The van der Waals surface area contributed by atoms with Crippen LogP contribution in [0.5, 0.6) is 23.0 Å². The lowest BCUT2D eigenvalue weighted by Gasteiger charge is -2.39. The maximum Gasteiger partial charge on any atom is 0.341 e. The first-order valence-electron chi connectivity index (χ1n) is 8.60. The van der Waals surface area contributed by atoms with Crippen molar-refractivity contribution >= 4 is 143 Å². The summed E-state index contributed by atoms with van der Waals surface area (Å²) in [6.07, 6.45) is 0. The van der Waals surface area contributed by atoms with E-state index in [0.717, 1.165) is 0 Å². The van der Waals surface area contributed by atoms with E-state index in [2.05, 4.69) is 0 Å². The summed E-state index contributed by atoms with van der Waals surface area (Å²) < 4.78 is 13.4. The summed E-state index contributed by atoms with van der Waals surface area (Å²) in [5, 5.41) is 25.2. The van der Waals surface area contributed by atoms with E-state index < -0.39 is 11.6 Å². The van der Waals surface area contributed by atoms with Crippen LogP contribution in [-0.2, 0) is 10.3 Å². The number of esters is 1. The van der Waals surface area contributed by atoms with Gasteiger partial charge in [0.15, 0.2) is 5.60 Å². The third-order valence-corrected chi connectivity index (χ3v) is 10.7. The van der Waals surface area contributed by atoms with Gasteiger partial charge in [-0.3, -0.25) is 0 Å². The lowest BCUT2D eigenvalue weighted by molar-refractivity contribution is -0.271. The quantitative estimate of drug-likeness (QED) is 0.101. The zero-order chi connectivity index (χ0) is 24.1. The van der Waals surface area contributed by atoms with Gasteiger partial charge in [-0.25, -0.2) is 4.79 Å². The predicted octanol–water partition coefficient (Wildman–Crippen LogP) is 7.43. The van der Waals surface area contributed by atoms with Gasteiger partial charge >= 0.3 is 5.97 Å². The molecule has 13 heteroatoms.